The molecule has 0 saturated heterocycles. The molecule has 0 aliphatic heterocycles. The van der Waals surface area contributed by atoms with E-state index in [4.69, 9.17) is 0 Å². The van der Waals surface area contributed by atoms with Crippen molar-refractivity contribution < 1.29 is 4.79 Å². The van der Waals surface area contributed by atoms with Crippen LogP contribution in [0.4, 0.5) is 11.4 Å². The maximum atomic E-state index is 12.0. The van der Waals surface area contributed by atoms with Crippen molar-refractivity contribution >= 4 is 33.2 Å². The minimum absolute atomic E-state index is 0.0570. The quantitative estimate of drug-likeness (QED) is 0.843. The van der Waals surface area contributed by atoms with Crippen LogP contribution in [-0.2, 0) is 11.2 Å². The lowest BCUT2D eigenvalue weighted by molar-refractivity contribution is -0.114. The van der Waals surface area contributed by atoms with Crippen LogP contribution in [0.1, 0.15) is 18.1 Å². The Hall–Kier alpha value is -1.81. The Kier molecular flexibility index (Phi) is 5.39. The molecule has 0 aliphatic rings. The van der Waals surface area contributed by atoms with Gasteiger partial charge in [-0.1, -0.05) is 47.1 Å². The Morgan fingerprint density at radius 2 is 1.95 bits per heavy atom. The molecule has 2 N–H and O–H groups in total. The zero-order chi connectivity index (χ0) is 15.2. The van der Waals surface area contributed by atoms with E-state index in [1.165, 1.54) is 5.56 Å². The number of benzene rings is 2. The van der Waals surface area contributed by atoms with Gasteiger partial charge in [-0.05, 0) is 42.7 Å². The largest absolute Gasteiger partial charge is 0.376 e. The predicted molar refractivity (Wildman–Crippen MR) is 91.8 cm³/mol. The molecule has 2 rings (SSSR count). The molecule has 3 nitrogen and oxygen atoms in total. The van der Waals surface area contributed by atoms with Crippen molar-refractivity contribution in [3.63, 3.8) is 0 Å². The van der Waals surface area contributed by atoms with Gasteiger partial charge in [0.25, 0.3) is 0 Å². The smallest absolute Gasteiger partial charge is 0.243 e. The van der Waals surface area contributed by atoms with Crippen LogP contribution in [-0.4, -0.2) is 12.5 Å². The summed E-state index contributed by atoms with van der Waals surface area (Å²) in [4.78, 5) is 12.0. The molecule has 1 amide bonds. The maximum absolute atomic E-state index is 12.0. The third kappa shape index (κ3) is 4.33. The normalized spacial score (nSPS) is 10.2. The summed E-state index contributed by atoms with van der Waals surface area (Å²) in [6, 6.07) is 13.7. The second-order valence-electron chi connectivity index (χ2n) is 4.87. The molecule has 0 atom stereocenters. The Morgan fingerprint density at radius 3 is 2.67 bits per heavy atom. The lowest BCUT2D eigenvalue weighted by Gasteiger charge is -2.14. The van der Waals surface area contributed by atoms with E-state index in [-0.39, 0.29) is 12.5 Å². The zero-order valence-electron chi connectivity index (χ0n) is 12.2. The van der Waals surface area contributed by atoms with E-state index >= 15 is 0 Å². The van der Waals surface area contributed by atoms with E-state index in [1.54, 1.807) is 0 Å². The van der Waals surface area contributed by atoms with Gasteiger partial charge in [-0.2, -0.15) is 0 Å². The lowest BCUT2D eigenvalue weighted by atomic mass is 10.1. The number of para-hydroxylation sites is 1. The van der Waals surface area contributed by atoms with Crippen molar-refractivity contribution in [2.75, 3.05) is 17.2 Å². The number of hydrogen-bond donors (Lipinski definition) is 2. The van der Waals surface area contributed by atoms with Crippen LogP contribution in [0.5, 0.6) is 0 Å². The van der Waals surface area contributed by atoms with Gasteiger partial charge in [0.05, 0.1) is 6.54 Å². The highest BCUT2D eigenvalue weighted by atomic mass is 79.9. The number of amides is 1. The molecule has 21 heavy (non-hydrogen) atoms. The van der Waals surface area contributed by atoms with Crippen molar-refractivity contribution in [1.82, 2.24) is 0 Å². The van der Waals surface area contributed by atoms with E-state index in [9.17, 15) is 4.79 Å². The molecule has 0 radical (unpaired) electrons. The summed E-state index contributed by atoms with van der Waals surface area (Å²) in [5.74, 6) is -0.0570. The molecule has 110 valence electrons. The van der Waals surface area contributed by atoms with E-state index < -0.39 is 0 Å². The van der Waals surface area contributed by atoms with Gasteiger partial charge in [0, 0.05) is 15.8 Å². The molecule has 0 heterocycles. The number of halogens is 1. The van der Waals surface area contributed by atoms with Gasteiger partial charge in [-0.15, -0.1) is 0 Å². The Bertz CT molecular complexity index is 640. The second-order valence-corrected chi connectivity index (χ2v) is 5.79. The van der Waals surface area contributed by atoms with Crippen LogP contribution in [0.25, 0.3) is 0 Å². The first-order chi connectivity index (χ1) is 10.1. The van der Waals surface area contributed by atoms with Gasteiger partial charge in [-0.3, -0.25) is 4.79 Å². The number of hydrogen-bond acceptors (Lipinski definition) is 2. The fraction of sp³-hybridized carbons (Fsp3) is 0.235. The summed E-state index contributed by atoms with van der Waals surface area (Å²) in [5.41, 5.74) is 4.23. The van der Waals surface area contributed by atoms with Crippen LogP contribution in [0.3, 0.4) is 0 Å². The molecule has 0 bridgehead atoms. The molecule has 0 aromatic heterocycles. The van der Waals surface area contributed by atoms with Crippen molar-refractivity contribution in [2.24, 2.45) is 0 Å². The van der Waals surface area contributed by atoms with Crippen LogP contribution in [0, 0.1) is 6.92 Å². The van der Waals surface area contributed by atoms with E-state index in [0.717, 1.165) is 27.8 Å². The average molecular weight is 347 g/mol. The van der Waals surface area contributed by atoms with Crippen LogP contribution >= 0.6 is 15.9 Å². The number of carbonyl (C=O) groups excluding carboxylic acids is 1. The van der Waals surface area contributed by atoms with Gasteiger partial charge in [0.1, 0.15) is 0 Å². The van der Waals surface area contributed by atoms with Crippen LogP contribution in [0.15, 0.2) is 46.9 Å². The molecule has 4 heteroatoms. The maximum Gasteiger partial charge on any atom is 0.243 e. The van der Waals surface area contributed by atoms with Gasteiger partial charge in [0.2, 0.25) is 5.91 Å². The first kappa shape index (κ1) is 15.6. The Morgan fingerprint density at radius 1 is 1.19 bits per heavy atom. The summed E-state index contributed by atoms with van der Waals surface area (Å²) < 4.78 is 0.945. The first-order valence-electron chi connectivity index (χ1n) is 6.98. The summed E-state index contributed by atoms with van der Waals surface area (Å²) >= 11 is 3.39. The summed E-state index contributed by atoms with van der Waals surface area (Å²) in [6.07, 6.45) is 0.942. The standard InChI is InChI=1S/C17H19BrN2O/c1-3-13-7-4-6-12(2)17(13)19-11-16(21)20-15-9-5-8-14(18)10-15/h4-10,19H,3,11H2,1-2H3,(H,20,21). The molecule has 2 aromatic carbocycles. The third-order valence-electron chi connectivity index (χ3n) is 3.27. The van der Waals surface area contributed by atoms with E-state index in [2.05, 4.69) is 39.6 Å². The summed E-state index contributed by atoms with van der Waals surface area (Å²) in [5, 5.41) is 6.12. The molecule has 0 spiro atoms. The molecular formula is C17H19BrN2O. The summed E-state index contributed by atoms with van der Waals surface area (Å²) in [6.45, 7) is 4.42. The number of aryl methyl sites for hydroxylation is 2. The van der Waals surface area contributed by atoms with Crippen molar-refractivity contribution in [1.29, 1.82) is 0 Å². The van der Waals surface area contributed by atoms with Gasteiger partial charge >= 0.3 is 0 Å². The molecule has 0 fully saturated rings. The highest BCUT2D eigenvalue weighted by molar-refractivity contribution is 9.10. The average Bonchev–Trinajstić information content (AvgIpc) is 2.45. The minimum Gasteiger partial charge on any atom is -0.376 e. The predicted octanol–water partition coefficient (Wildman–Crippen LogP) is 4.37. The minimum atomic E-state index is -0.0570. The summed E-state index contributed by atoms with van der Waals surface area (Å²) in [7, 11) is 0. The van der Waals surface area contributed by atoms with Crippen LogP contribution in [0.2, 0.25) is 0 Å². The van der Waals surface area contributed by atoms with E-state index in [0.29, 0.717) is 0 Å². The fourth-order valence-corrected chi connectivity index (χ4v) is 2.62. The van der Waals surface area contributed by atoms with E-state index in [1.807, 2.05) is 43.3 Å². The van der Waals surface area contributed by atoms with Crippen molar-refractivity contribution in [3.8, 4) is 0 Å². The van der Waals surface area contributed by atoms with Gasteiger partial charge in [0.15, 0.2) is 0 Å². The highest BCUT2D eigenvalue weighted by Gasteiger charge is 2.07. The van der Waals surface area contributed by atoms with Gasteiger partial charge < -0.3 is 10.6 Å². The Labute approximate surface area is 133 Å². The first-order valence-corrected chi connectivity index (χ1v) is 7.77. The number of nitrogens with one attached hydrogen (secondary N) is 2. The van der Waals surface area contributed by atoms with Crippen LogP contribution < -0.4 is 10.6 Å². The molecular weight excluding hydrogens is 328 g/mol. The zero-order valence-corrected chi connectivity index (χ0v) is 13.8. The monoisotopic (exact) mass is 346 g/mol. The number of anilines is 2. The third-order valence-corrected chi connectivity index (χ3v) is 3.77. The second kappa shape index (κ2) is 7.27. The van der Waals surface area contributed by atoms with Gasteiger partial charge in [-0.25, -0.2) is 0 Å². The molecule has 2 aromatic rings. The Balaban J connectivity index is 1.99. The van der Waals surface area contributed by atoms with Crippen molar-refractivity contribution in [3.05, 3.63) is 58.1 Å². The number of rotatable bonds is 5. The molecule has 0 saturated carbocycles. The topological polar surface area (TPSA) is 41.1 Å². The molecule has 0 unspecified atom stereocenters. The SMILES string of the molecule is CCc1cccc(C)c1NCC(=O)Nc1cccc(Br)c1. The van der Waals surface area contributed by atoms with Crippen molar-refractivity contribution in [2.45, 2.75) is 20.3 Å². The lowest BCUT2D eigenvalue weighted by Crippen LogP contribution is -2.22. The molecule has 0 aliphatic carbocycles. The number of carbonyl (C=O) groups is 1. The fourth-order valence-electron chi connectivity index (χ4n) is 2.22. The highest BCUT2D eigenvalue weighted by Crippen LogP contribution is 2.21.